The van der Waals surface area contributed by atoms with Crippen LogP contribution in [0, 0.1) is 5.92 Å². The number of rotatable bonds is 1. The fourth-order valence-electron chi connectivity index (χ4n) is 2.67. The maximum atomic E-state index is 12.5. The summed E-state index contributed by atoms with van der Waals surface area (Å²) >= 11 is 0. The highest BCUT2D eigenvalue weighted by Gasteiger charge is 2.26. The number of hydrogen-bond donors (Lipinski definition) is 1. The lowest BCUT2D eigenvalue weighted by atomic mass is 9.94. The number of benzene rings is 1. The number of pyridine rings is 1. The van der Waals surface area contributed by atoms with Gasteiger partial charge < -0.3 is 10.6 Å². The van der Waals surface area contributed by atoms with Crippen molar-refractivity contribution in [1.29, 1.82) is 0 Å². The SMILES string of the molecule is CC1CCN(C(=O)c2ccc3ncccc3c2)CC1N. The number of nitrogens with two attached hydrogens (primary N) is 1. The Hall–Kier alpha value is -1.94. The fraction of sp³-hybridized carbons (Fsp3) is 0.375. The van der Waals surface area contributed by atoms with Gasteiger partial charge in [-0.3, -0.25) is 9.78 Å². The smallest absolute Gasteiger partial charge is 0.253 e. The molecule has 2 aromatic rings. The third-order valence-electron chi connectivity index (χ3n) is 4.15. The average molecular weight is 269 g/mol. The van der Waals surface area contributed by atoms with Gasteiger partial charge in [-0.15, -0.1) is 0 Å². The van der Waals surface area contributed by atoms with Gasteiger partial charge in [-0.1, -0.05) is 13.0 Å². The van der Waals surface area contributed by atoms with Crippen molar-refractivity contribution in [2.75, 3.05) is 13.1 Å². The highest BCUT2D eigenvalue weighted by molar-refractivity contribution is 5.98. The molecule has 1 aliphatic heterocycles. The van der Waals surface area contributed by atoms with Gasteiger partial charge >= 0.3 is 0 Å². The van der Waals surface area contributed by atoms with E-state index in [1.54, 1.807) is 6.20 Å². The average Bonchev–Trinajstić information content (AvgIpc) is 2.49. The Kier molecular flexibility index (Phi) is 3.40. The monoisotopic (exact) mass is 269 g/mol. The number of hydrogen-bond acceptors (Lipinski definition) is 3. The van der Waals surface area contributed by atoms with Gasteiger partial charge in [0.1, 0.15) is 0 Å². The standard InChI is InChI=1S/C16H19N3O/c1-11-6-8-19(10-14(11)17)16(20)13-4-5-15-12(9-13)3-2-7-18-15/h2-5,7,9,11,14H,6,8,10,17H2,1H3. The number of carbonyl (C=O) groups excluding carboxylic acids is 1. The molecule has 2 heterocycles. The zero-order valence-corrected chi connectivity index (χ0v) is 11.6. The van der Waals surface area contributed by atoms with Crippen LogP contribution in [-0.4, -0.2) is 34.9 Å². The Morgan fingerprint density at radius 3 is 3.05 bits per heavy atom. The van der Waals surface area contributed by atoms with Crippen LogP contribution in [-0.2, 0) is 0 Å². The maximum Gasteiger partial charge on any atom is 0.253 e. The molecule has 0 bridgehead atoms. The summed E-state index contributed by atoms with van der Waals surface area (Å²) in [6, 6.07) is 9.60. The van der Waals surface area contributed by atoms with Crippen LogP contribution < -0.4 is 5.73 Å². The van der Waals surface area contributed by atoms with Gasteiger partial charge in [0, 0.05) is 36.3 Å². The molecule has 1 fully saturated rings. The largest absolute Gasteiger partial charge is 0.337 e. The quantitative estimate of drug-likeness (QED) is 0.862. The number of amides is 1. The van der Waals surface area contributed by atoms with Gasteiger partial charge in [0.05, 0.1) is 5.52 Å². The molecule has 0 saturated carbocycles. The number of nitrogens with zero attached hydrogens (tertiary/aromatic N) is 2. The van der Waals surface area contributed by atoms with Crippen LogP contribution in [0.25, 0.3) is 10.9 Å². The summed E-state index contributed by atoms with van der Waals surface area (Å²) in [6.07, 6.45) is 2.73. The molecule has 4 nitrogen and oxygen atoms in total. The van der Waals surface area contributed by atoms with E-state index in [9.17, 15) is 4.79 Å². The summed E-state index contributed by atoms with van der Waals surface area (Å²) in [5, 5.41) is 0.994. The first-order valence-electron chi connectivity index (χ1n) is 7.05. The molecule has 0 radical (unpaired) electrons. The molecule has 104 valence electrons. The minimum atomic E-state index is 0.0677. The first-order valence-corrected chi connectivity index (χ1v) is 7.05. The predicted molar refractivity (Wildman–Crippen MR) is 79.4 cm³/mol. The van der Waals surface area contributed by atoms with Crippen LogP contribution in [0.15, 0.2) is 36.5 Å². The van der Waals surface area contributed by atoms with E-state index >= 15 is 0 Å². The third-order valence-corrected chi connectivity index (χ3v) is 4.15. The lowest BCUT2D eigenvalue weighted by Crippen LogP contribution is -2.49. The lowest BCUT2D eigenvalue weighted by molar-refractivity contribution is 0.0672. The van der Waals surface area contributed by atoms with Gasteiger partial charge in [0.15, 0.2) is 0 Å². The van der Waals surface area contributed by atoms with Gasteiger partial charge in [0.2, 0.25) is 0 Å². The van der Waals surface area contributed by atoms with E-state index in [2.05, 4.69) is 11.9 Å². The van der Waals surface area contributed by atoms with Crippen LogP contribution >= 0.6 is 0 Å². The van der Waals surface area contributed by atoms with Crippen molar-refractivity contribution >= 4 is 16.8 Å². The number of fused-ring (bicyclic) bond motifs is 1. The van der Waals surface area contributed by atoms with E-state index < -0.39 is 0 Å². The van der Waals surface area contributed by atoms with Gasteiger partial charge in [-0.25, -0.2) is 0 Å². The van der Waals surface area contributed by atoms with Crippen molar-refractivity contribution in [1.82, 2.24) is 9.88 Å². The van der Waals surface area contributed by atoms with Crippen LogP contribution in [0.3, 0.4) is 0 Å². The summed E-state index contributed by atoms with van der Waals surface area (Å²) < 4.78 is 0. The van der Waals surface area contributed by atoms with Crippen LogP contribution in [0.4, 0.5) is 0 Å². The Balaban J connectivity index is 1.85. The number of aromatic nitrogens is 1. The Morgan fingerprint density at radius 2 is 2.25 bits per heavy atom. The molecule has 1 aliphatic rings. The Labute approximate surface area is 118 Å². The van der Waals surface area contributed by atoms with Crippen molar-refractivity contribution in [2.24, 2.45) is 11.7 Å². The summed E-state index contributed by atoms with van der Waals surface area (Å²) in [5.41, 5.74) is 7.70. The lowest BCUT2D eigenvalue weighted by Gasteiger charge is -2.35. The molecule has 2 N–H and O–H groups in total. The molecule has 2 unspecified atom stereocenters. The molecule has 0 aliphatic carbocycles. The zero-order chi connectivity index (χ0) is 14.1. The first-order chi connectivity index (χ1) is 9.65. The molecule has 2 atom stereocenters. The zero-order valence-electron chi connectivity index (χ0n) is 11.6. The van der Waals surface area contributed by atoms with Gasteiger partial charge in [-0.2, -0.15) is 0 Å². The van der Waals surface area contributed by atoms with Gasteiger partial charge in [0.25, 0.3) is 5.91 Å². The summed E-state index contributed by atoms with van der Waals surface area (Å²) in [5.74, 6) is 0.554. The molecule has 1 aromatic heterocycles. The molecule has 1 saturated heterocycles. The van der Waals surface area contributed by atoms with E-state index in [4.69, 9.17) is 5.73 Å². The highest BCUT2D eigenvalue weighted by atomic mass is 16.2. The number of likely N-dealkylation sites (tertiary alicyclic amines) is 1. The van der Waals surface area contributed by atoms with Crippen molar-refractivity contribution in [3.63, 3.8) is 0 Å². The first kappa shape index (κ1) is 13.1. The minimum Gasteiger partial charge on any atom is -0.337 e. The van der Waals surface area contributed by atoms with E-state index in [1.165, 1.54) is 0 Å². The van der Waals surface area contributed by atoms with E-state index in [0.29, 0.717) is 18.0 Å². The molecule has 0 spiro atoms. The predicted octanol–water partition coefficient (Wildman–Crippen LogP) is 2.04. The second kappa shape index (κ2) is 5.21. The highest BCUT2D eigenvalue weighted by Crippen LogP contribution is 2.19. The second-order valence-electron chi connectivity index (χ2n) is 5.59. The van der Waals surface area contributed by atoms with Crippen molar-refractivity contribution in [3.05, 3.63) is 42.1 Å². The topological polar surface area (TPSA) is 59.2 Å². The van der Waals surface area contributed by atoms with E-state index in [0.717, 1.165) is 23.9 Å². The Morgan fingerprint density at radius 1 is 1.40 bits per heavy atom. The molecule has 20 heavy (non-hydrogen) atoms. The van der Waals surface area contributed by atoms with Crippen molar-refractivity contribution < 1.29 is 4.79 Å². The van der Waals surface area contributed by atoms with Crippen molar-refractivity contribution in [3.8, 4) is 0 Å². The summed E-state index contributed by atoms with van der Waals surface area (Å²) in [4.78, 5) is 18.7. The van der Waals surface area contributed by atoms with E-state index in [-0.39, 0.29) is 11.9 Å². The molecule has 3 rings (SSSR count). The molecular weight excluding hydrogens is 250 g/mol. The fourth-order valence-corrected chi connectivity index (χ4v) is 2.67. The molecular formula is C16H19N3O. The summed E-state index contributed by atoms with van der Waals surface area (Å²) in [7, 11) is 0. The molecule has 1 aromatic carbocycles. The van der Waals surface area contributed by atoms with Crippen LogP contribution in [0.2, 0.25) is 0 Å². The molecule has 1 amide bonds. The molecule has 4 heteroatoms. The maximum absolute atomic E-state index is 12.5. The van der Waals surface area contributed by atoms with Gasteiger partial charge in [-0.05, 0) is 36.6 Å². The normalized spacial score (nSPS) is 23.0. The van der Waals surface area contributed by atoms with E-state index in [1.807, 2.05) is 35.2 Å². The number of piperidine rings is 1. The van der Waals surface area contributed by atoms with Crippen LogP contribution in [0.1, 0.15) is 23.7 Å². The van der Waals surface area contributed by atoms with Crippen molar-refractivity contribution in [2.45, 2.75) is 19.4 Å². The third kappa shape index (κ3) is 2.39. The minimum absolute atomic E-state index is 0.0677. The summed E-state index contributed by atoms with van der Waals surface area (Å²) in [6.45, 7) is 3.58. The Bertz CT molecular complexity index is 640. The van der Waals surface area contributed by atoms with Crippen LogP contribution in [0.5, 0.6) is 0 Å². The second-order valence-corrected chi connectivity index (χ2v) is 5.59. The number of carbonyl (C=O) groups is 1.